The maximum absolute atomic E-state index is 9.82. The molecule has 0 spiro atoms. The van der Waals surface area contributed by atoms with Crippen molar-refractivity contribution < 1.29 is 82.0 Å². The van der Waals surface area contributed by atoms with Gasteiger partial charge in [0.1, 0.15) is 0 Å². The first-order valence-corrected chi connectivity index (χ1v) is 3.80. The van der Waals surface area contributed by atoms with Crippen molar-refractivity contribution in [3.05, 3.63) is 0 Å². The Morgan fingerprint density at radius 2 is 1.75 bits per heavy atom. The second-order valence-corrected chi connectivity index (χ2v) is 3.10. The first kappa shape index (κ1) is 19.0. The number of carbonyl (C=O) groups is 1. The van der Waals surface area contributed by atoms with E-state index in [2.05, 4.69) is 5.73 Å². The molecule has 12 heavy (non-hydrogen) atoms. The third-order valence-corrected chi connectivity index (χ3v) is 1.45. The summed E-state index contributed by atoms with van der Waals surface area (Å²) in [5, 5.41) is 9.74. The van der Waals surface area contributed by atoms with Crippen LogP contribution in [-0.4, -0.2) is 30.7 Å². The molecule has 0 aromatic carbocycles. The van der Waals surface area contributed by atoms with E-state index < -0.39 is 27.9 Å². The van der Waals surface area contributed by atoms with Gasteiger partial charge in [-0.15, -0.1) is 0 Å². The summed E-state index contributed by atoms with van der Waals surface area (Å²) in [6, 6.07) is -1.73. The summed E-state index contributed by atoms with van der Waals surface area (Å²) in [4.78, 5) is 9.74. The molecular weight excluding hydrogens is 208 g/mol. The molecule has 0 aromatic rings. The Bertz CT molecular complexity index is 227. The summed E-state index contributed by atoms with van der Waals surface area (Å²) in [6.07, 6.45) is 0. The Labute approximate surface area is 114 Å². The molecule has 0 rings (SSSR count). The Kier molecular flexibility index (Phi) is 12.2. The third-order valence-electron chi connectivity index (χ3n) is 0.686. The Morgan fingerprint density at radius 1 is 1.42 bits per heavy atom. The van der Waals surface area contributed by atoms with Crippen LogP contribution in [0.25, 0.3) is 0 Å². The Balaban J connectivity index is -0.000000405. The summed E-state index contributed by atoms with van der Waals surface area (Å²) in [7, 11) is -4.56. The summed E-state index contributed by atoms with van der Waals surface area (Å²) in [5.41, 5.74) is 4.66. The van der Waals surface area contributed by atoms with Crippen molar-refractivity contribution in [2.45, 2.75) is 6.04 Å². The van der Waals surface area contributed by atoms with Crippen LogP contribution in [0.15, 0.2) is 0 Å². The second-order valence-electron chi connectivity index (χ2n) is 1.65. The van der Waals surface area contributed by atoms with Crippen molar-refractivity contribution in [2.75, 3.05) is 5.75 Å². The van der Waals surface area contributed by atoms with E-state index in [1.165, 1.54) is 0 Å². The molecule has 60 valence electrons. The standard InChI is InChI=1S/C3H7NO5S.2Na/c4-2(3(5)6)1-10(7,8)9;;/h2H,1,4H2,(H,5,6)(H,7,8,9);;/q;2*+1/p-2. The number of rotatable bonds is 3. The van der Waals surface area contributed by atoms with Gasteiger partial charge >= 0.3 is 59.1 Å². The molecule has 0 aliphatic carbocycles. The summed E-state index contributed by atoms with van der Waals surface area (Å²) in [6.45, 7) is 0. The molecule has 0 heterocycles. The molecule has 0 aliphatic rings. The quantitative estimate of drug-likeness (QED) is 0.366. The molecule has 2 N–H and O–H groups in total. The van der Waals surface area contributed by atoms with Gasteiger partial charge in [-0.2, -0.15) is 0 Å². The largest absolute Gasteiger partial charge is 1.00 e. The van der Waals surface area contributed by atoms with Gasteiger partial charge in [0.05, 0.1) is 27.9 Å². The smallest absolute Gasteiger partial charge is 0.748 e. The number of hydrogen-bond acceptors (Lipinski definition) is 6. The number of nitrogens with two attached hydrogens (primary N) is 1. The van der Waals surface area contributed by atoms with E-state index >= 15 is 0 Å². The van der Waals surface area contributed by atoms with E-state index in [0.29, 0.717) is 0 Å². The van der Waals surface area contributed by atoms with Crippen LogP contribution in [0.5, 0.6) is 0 Å². The van der Waals surface area contributed by atoms with Crippen LogP contribution in [0.1, 0.15) is 0 Å². The van der Waals surface area contributed by atoms with Crippen LogP contribution >= 0.6 is 0 Å². The number of carbonyl (C=O) groups excluding carboxylic acids is 1. The predicted molar refractivity (Wildman–Crippen MR) is 27.5 cm³/mol. The van der Waals surface area contributed by atoms with Crippen LogP contribution < -0.4 is 70.0 Å². The van der Waals surface area contributed by atoms with Gasteiger partial charge in [0.15, 0.2) is 0 Å². The molecule has 6 nitrogen and oxygen atoms in total. The molecule has 0 radical (unpaired) electrons. The van der Waals surface area contributed by atoms with Crippen LogP contribution in [-0.2, 0) is 14.9 Å². The molecule has 1 atom stereocenters. The molecular formula is C3H5NNa2O5S. The van der Waals surface area contributed by atoms with Gasteiger partial charge in [0, 0.05) is 0 Å². The zero-order valence-corrected chi connectivity index (χ0v) is 11.6. The van der Waals surface area contributed by atoms with Crippen LogP contribution in [0, 0.1) is 0 Å². The second kappa shape index (κ2) is 7.72. The van der Waals surface area contributed by atoms with Crippen LogP contribution in [0.4, 0.5) is 0 Å². The summed E-state index contributed by atoms with van der Waals surface area (Å²) >= 11 is 0. The topological polar surface area (TPSA) is 123 Å². The fourth-order valence-corrected chi connectivity index (χ4v) is 0.864. The Morgan fingerprint density at radius 3 is 1.83 bits per heavy atom. The van der Waals surface area contributed by atoms with Crippen molar-refractivity contribution in [3.8, 4) is 0 Å². The predicted octanol–water partition coefficient (Wildman–Crippen LogP) is -9.38. The van der Waals surface area contributed by atoms with Gasteiger partial charge in [-0.3, -0.25) is 0 Å². The summed E-state index contributed by atoms with van der Waals surface area (Å²) in [5.74, 6) is -2.88. The number of carboxylic acid groups (broad SMARTS) is 1. The molecule has 0 aromatic heterocycles. The number of hydrogen-bond donors (Lipinski definition) is 1. The van der Waals surface area contributed by atoms with E-state index in [1.807, 2.05) is 0 Å². The minimum atomic E-state index is -4.56. The van der Waals surface area contributed by atoms with Crippen LogP contribution in [0.3, 0.4) is 0 Å². The van der Waals surface area contributed by atoms with Gasteiger partial charge in [-0.25, -0.2) is 8.42 Å². The van der Waals surface area contributed by atoms with E-state index in [1.54, 1.807) is 0 Å². The maximum Gasteiger partial charge on any atom is 1.00 e. The van der Waals surface area contributed by atoms with E-state index in [9.17, 15) is 22.9 Å². The van der Waals surface area contributed by atoms with Crippen molar-refractivity contribution >= 4 is 16.1 Å². The van der Waals surface area contributed by atoms with Crippen molar-refractivity contribution in [1.29, 1.82) is 0 Å². The maximum atomic E-state index is 9.82. The van der Waals surface area contributed by atoms with Crippen molar-refractivity contribution in [3.63, 3.8) is 0 Å². The molecule has 0 saturated heterocycles. The van der Waals surface area contributed by atoms with Crippen molar-refractivity contribution in [2.24, 2.45) is 5.73 Å². The summed E-state index contributed by atoms with van der Waals surface area (Å²) < 4.78 is 29.5. The Hall–Kier alpha value is 1.34. The number of aliphatic carboxylic acids is 1. The van der Waals surface area contributed by atoms with Gasteiger partial charge in [-0.05, 0) is 0 Å². The zero-order valence-electron chi connectivity index (χ0n) is 6.81. The molecule has 0 fully saturated rings. The first-order valence-electron chi connectivity index (χ1n) is 2.23. The molecule has 0 bridgehead atoms. The van der Waals surface area contributed by atoms with E-state index in [-0.39, 0.29) is 59.1 Å². The SMILES string of the molecule is NC(CS(=O)(=O)[O-])C(=O)[O-].[Na+].[Na+]. The number of carboxylic acids is 1. The molecule has 0 saturated carbocycles. The molecule has 0 amide bonds. The van der Waals surface area contributed by atoms with Gasteiger partial charge in [0.25, 0.3) is 0 Å². The van der Waals surface area contributed by atoms with E-state index in [0.717, 1.165) is 0 Å². The van der Waals surface area contributed by atoms with E-state index in [4.69, 9.17) is 0 Å². The first-order chi connectivity index (χ1) is 4.33. The van der Waals surface area contributed by atoms with Gasteiger partial charge in [0.2, 0.25) is 0 Å². The zero-order chi connectivity index (χ0) is 8.36. The average molecular weight is 213 g/mol. The molecule has 1 unspecified atom stereocenters. The fourth-order valence-electron chi connectivity index (χ4n) is 0.288. The minimum absolute atomic E-state index is 0. The van der Waals surface area contributed by atoms with Gasteiger partial charge < -0.3 is 20.2 Å². The third kappa shape index (κ3) is 11.3. The van der Waals surface area contributed by atoms with Crippen LogP contribution in [0.2, 0.25) is 0 Å². The average Bonchev–Trinajstić information content (AvgIpc) is 1.60. The molecule has 0 aliphatic heterocycles. The van der Waals surface area contributed by atoms with Gasteiger partial charge in [-0.1, -0.05) is 0 Å². The monoisotopic (exact) mass is 213 g/mol. The molecule has 9 heteroatoms. The normalized spacial score (nSPS) is 12.2. The van der Waals surface area contributed by atoms with Crippen molar-refractivity contribution in [1.82, 2.24) is 0 Å². The minimum Gasteiger partial charge on any atom is -0.748 e. The fraction of sp³-hybridized carbons (Fsp3) is 0.667.